The fraction of sp³-hybridized carbons (Fsp3) is 0.240. The quantitative estimate of drug-likeness (QED) is 0.528. The average Bonchev–Trinajstić information content (AvgIpc) is 2.83. The normalized spacial score (nSPS) is 14.7. The van der Waals surface area contributed by atoms with Gasteiger partial charge < -0.3 is 10.1 Å². The Labute approximate surface area is 176 Å². The SMILES string of the molecule is c1cc(-c2ccc(-c3ccc4ncc(OCC5CCNCC5)nc4c3)cc2)ccn1. The first-order valence-electron chi connectivity index (χ1n) is 10.5. The van der Waals surface area contributed by atoms with Crippen molar-refractivity contribution in [2.75, 3.05) is 19.7 Å². The molecule has 0 amide bonds. The van der Waals surface area contributed by atoms with Gasteiger partial charge in [-0.25, -0.2) is 9.97 Å². The molecule has 2 aromatic carbocycles. The number of benzene rings is 2. The molecule has 0 bridgehead atoms. The second-order valence-electron chi connectivity index (χ2n) is 7.73. The second kappa shape index (κ2) is 8.59. The molecule has 0 spiro atoms. The smallest absolute Gasteiger partial charge is 0.232 e. The molecule has 5 rings (SSSR count). The van der Waals surface area contributed by atoms with Crippen molar-refractivity contribution in [1.82, 2.24) is 20.3 Å². The first-order chi connectivity index (χ1) is 14.8. The van der Waals surface area contributed by atoms with E-state index in [1.54, 1.807) is 6.20 Å². The number of rotatable bonds is 5. The minimum Gasteiger partial charge on any atom is -0.476 e. The fourth-order valence-corrected chi connectivity index (χ4v) is 3.89. The van der Waals surface area contributed by atoms with Crippen molar-refractivity contribution >= 4 is 11.0 Å². The van der Waals surface area contributed by atoms with Crippen molar-refractivity contribution in [2.24, 2.45) is 5.92 Å². The molecule has 1 fully saturated rings. The van der Waals surface area contributed by atoms with Crippen LogP contribution >= 0.6 is 0 Å². The molecule has 0 radical (unpaired) electrons. The Morgan fingerprint density at radius 1 is 0.800 bits per heavy atom. The summed E-state index contributed by atoms with van der Waals surface area (Å²) in [6.45, 7) is 2.85. The zero-order chi connectivity index (χ0) is 20.2. The van der Waals surface area contributed by atoms with Gasteiger partial charge in [0.15, 0.2) is 0 Å². The topological polar surface area (TPSA) is 59.9 Å². The highest BCUT2D eigenvalue weighted by atomic mass is 16.5. The lowest BCUT2D eigenvalue weighted by Gasteiger charge is -2.22. The predicted molar refractivity (Wildman–Crippen MR) is 119 cm³/mol. The molecule has 0 saturated carbocycles. The zero-order valence-corrected chi connectivity index (χ0v) is 16.8. The van der Waals surface area contributed by atoms with Crippen LogP contribution in [0.5, 0.6) is 5.88 Å². The van der Waals surface area contributed by atoms with E-state index in [0.717, 1.165) is 53.7 Å². The van der Waals surface area contributed by atoms with Gasteiger partial charge in [0.1, 0.15) is 0 Å². The van der Waals surface area contributed by atoms with Gasteiger partial charge in [-0.05, 0) is 78.4 Å². The van der Waals surface area contributed by atoms with Crippen LogP contribution < -0.4 is 10.1 Å². The van der Waals surface area contributed by atoms with Crippen molar-refractivity contribution in [3.05, 3.63) is 73.2 Å². The summed E-state index contributed by atoms with van der Waals surface area (Å²) >= 11 is 0. The van der Waals surface area contributed by atoms with Crippen LogP contribution in [0.3, 0.4) is 0 Å². The third-order valence-electron chi connectivity index (χ3n) is 5.68. The van der Waals surface area contributed by atoms with E-state index in [-0.39, 0.29) is 0 Å². The number of nitrogens with zero attached hydrogens (tertiary/aromatic N) is 3. The summed E-state index contributed by atoms with van der Waals surface area (Å²) in [6, 6.07) is 18.8. The number of nitrogens with one attached hydrogen (secondary N) is 1. The van der Waals surface area contributed by atoms with Crippen LogP contribution in [0.4, 0.5) is 0 Å². The molecule has 1 aliphatic rings. The minimum atomic E-state index is 0.592. The lowest BCUT2D eigenvalue weighted by Crippen LogP contribution is -2.30. The van der Waals surface area contributed by atoms with E-state index in [9.17, 15) is 0 Å². The molecule has 4 aromatic rings. The third kappa shape index (κ3) is 4.16. The molecule has 0 unspecified atom stereocenters. The Bertz CT molecular complexity index is 1120. The van der Waals surface area contributed by atoms with Gasteiger partial charge in [0.25, 0.3) is 0 Å². The second-order valence-corrected chi connectivity index (χ2v) is 7.73. The standard InChI is InChI=1S/C25H24N4O/c1-3-20(4-2-19(1)21-9-13-27-14-10-21)22-5-6-23-24(15-22)29-25(16-28-23)30-17-18-7-11-26-12-8-18/h1-6,9-10,13-16,18,26H,7-8,11-12,17H2. The van der Waals surface area contributed by atoms with Gasteiger partial charge in [-0.3, -0.25) is 4.98 Å². The van der Waals surface area contributed by atoms with Gasteiger partial charge >= 0.3 is 0 Å². The summed E-state index contributed by atoms with van der Waals surface area (Å²) in [6.07, 6.45) is 7.67. The summed E-state index contributed by atoms with van der Waals surface area (Å²) < 4.78 is 5.96. The number of ether oxygens (including phenoxy) is 1. The van der Waals surface area contributed by atoms with Gasteiger partial charge in [0.2, 0.25) is 5.88 Å². The summed E-state index contributed by atoms with van der Waals surface area (Å²) in [4.78, 5) is 13.3. The number of piperidine rings is 1. The number of pyridine rings is 1. The van der Waals surface area contributed by atoms with Crippen LogP contribution in [-0.2, 0) is 0 Å². The van der Waals surface area contributed by atoms with E-state index in [2.05, 4.69) is 51.7 Å². The molecule has 1 N–H and O–H groups in total. The van der Waals surface area contributed by atoms with E-state index in [1.165, 1.54) is 5.56 Å². The lowest BCUT2D eigenvalue weighted by molar-refractivity contribution is 0.209. The average molecular weight is 396 g/mol. The van der Waals surface area contributed by atoms with E-state index in [1.807, 2.05) is 30.6 Å². The molecule has 5 heteroatoms. The Morgan fingerprint density at radius 2 is 1.47 bits per heavy atom. The van der Waals surface area contributed by atoms with Crippen molar-refractivity contribution in [2.45, 2.75) is 12.8 Å². The maximum atomic E-state index is 5.96. The van der Waals surface area contributed by atoms with Crippen LogP contribution in [0.1, 0.15) is 12.8 Å². The number of aromatic nitrogens is 3. The van der Waals surface area contributed by atoms with Crippen molar-refractivity contribution in [1.29, 1.82) is 0 Å². The van der Waals surface area contributed by atoms with Gasteiger partial charge in [-0.15, -0.1) is 0 Å². The van der Waals surface area contributed by atoms with Gasteiger partial charge in [-0.1, -0.05) is 30.3 Å². The van der Waals surface area contributed by atoms with E-state index < -0.39 is 0 Å². The molecule has 2 aromatic heterocycles. The minimum absolute atomic E-state index is 0.592. The first kappa shape index (κ1) is 18.7. The Balaban J connectivity index is 1.35. The molecule has 3 heterocycles. The Kier molecular flexibility index (Phi) is 5.36. The highest BCUT2D eigenvalue weighted by Gasteiger charge is 2.14. The van der Waals surface area contributed by atoms with Crippen molar-refractivity contribution in [3.8, 4) is 28.1 Å². The van der Waals surface area contributed by atoms with Crippen LogP contribution in [0.25, 0.3) is 33.3 Å². The van der Waals surface area contributed by atoms with Crippen LogP contribution in [-0.4, -0.2) is 34.6 Å². The summed E-state index contributed by atoms with van der Waals surface area (Å²) in [5.74, 6) is 1.19. The predicted octanol–water partition coefficient (Wildman–Crippen LogP) is 4.74. The van der Waals surface area contributed by atoms with Crippen LogP contribution in [0.2, 0.25) is 0 Å². The first-order valence-corrected chi connectivity index (χ1v) is 10.5. The van der Waals surface area contributed by atoms with Crippen molar-refractivity contribution < 1.29 is 4.74 Å². The Hall–Kier alpha value is -3.31. The van der Waals surface area contributed by atoms with E-state index in [0.29, 0.717) is 18.4 Å². The van der Waals surface area contributed by atoms with E-state index >= 15 is 0 Å². The lowest BCUT2D eigenvalue weighted by atomic mass is 9.99. The molecular formula is C25H24N4O. The summed E-state index contributed by atoms with van der Waals surface area (Å²) in [5.41, 5.74) is 6.34. The van der Waals surface area contributed by atoms with Crippen molar-refractivity contribution in [3.63, 3.8) is 0 Å². The fourth-order valence-electron chi connectivity index (χ4n) is 3.89. The Morgan fingerprint density at radius 3 is 2.23 bits per heavy atom. The monoisotopic (exact) mass is 396 g/mol. The van der Waals surface area contributed by atoms with Crippen LogP contribution in [0, 0.1) is 5.92 Å². The summed E-state index contributed by atoms with van der Waals surface area (Å²) in [7, 11) is 0. The third-order valence-corrected chi connectivity index (χ3v) is 5.68. The highest BCUT2D eigenvalue weighted by molar-refractivity contribution is 5.82. The highest BCUT2D eigenvalue weighted by Crippen LogP contribution is 2.27. The summed E-state index contributed by atoms with van der Waals surface area (Å²) in [5, 5.41) is 3.39. The maximum Gasteiger partial charge on any atom is 0.232 e. The number of hydrogen-bond donors (Lipinski definition) is 1. The molecule has 30 heavy (non-hydrogen) atoms. The molecule has 5 nitrogen and oxygen atoms in total. The van der Waals surface area contributed by atoms with Gasteiger partial charge in [0, 0.05) is 12.4 Å². The van der Waals surface area contributed by atoms with Gasteiger partial charge in [-0.2, -0.15) is 0 Å². The molecule has 1 aliphatic heterocycles. The van der Waals surface area contributed by atoms with E-state index in [4.69, 9.17) is 9.72 Å². The molecule has 150 valence electrons. The molecule has 0 atom stereocenters. The number of hydrogen-bond acceptors (Lipinski definition) is 5. The molecule has 1 saturated heterocycles. The van der Waals surface area contributed by atoms with Crippen LogP contribution in [0.15, 0.2) is 73.2 Å². The zero-order valence-electron chi connectivity index (χ0n) is 16.8. The van der Waals surface area contributed by atoms with Gasteiger partial charge in [0.05, 0.1) is 23.8 Å². The molecular weight excluding hydrogens is 372 g/mol. The number of fused-ring (bicyclic) bond motifs is 1. The largest absolute Gasteiger partial charge is 0.476 e. The maximum absolute atomic E-state index is 5.96. The molecule has 0 aliphatic carbocycles.